The Morgan fingerprint density at radius 3 is 2.46 bits per heavy atom. The molecule has 2 aromatic carbocycles. The molecule has 1 fully saturated rings. The Hall–Kier alpha value is -2.32. The highest BCUT2D eigenvalue weighted by Crippen LogP contribution is 2.35. The van der Waals surface area contributed by atoms with Crippen LogP contribution >= 0.6 is 24.8 Å². The Bertz CT molecular complexity index is 1270. The Morgan fingerprint density at radius 2 is 1.69 bits per heavy atom. The number of likely N-dealkylation sites (tertiary alicyclic amines) is 1. The van der Waals surface area contributed by atoms with E-state index < -0.39 is 11.6 Å². The molecule has 3 aromatic rings. The molecule has 0 bridgehead atoms. The number of nitrogens with zero attached hydrogens (tertiary/aromatic N) is 2. The quantitative estimate of drug-likeness (QED) is 0.484. The van der Waals surface area contributed by atoms with E-state index in [4.69, 9.17) is 0 Å². The molecule has 0 unspecified atom stereocenters. The molecule has 5 rings (SSSR count). The highest BCUT2D eigenvalue weighted by molar-refractivity contribution is 5.86. The smallest absolute Gasteiger partial charge is 0.251 e. The first-order valence-corrected chi connectivity index (χ1v) is 11.4. The van der Waals surface area contributed by atoms with Gasteiger partial charge >= 0.3 is 0 Å². The Morgan fingerprint density at radius 1 is 0.971 bits per heavy atom. The van der Waals surface area contributed by atoms with Gasteiger partial charge in [0.2, 0.25) is 0 Å². The summed E-state index contributed by atoms with van der Waals surface area (Å²) in [5.41, 5.74) is 1.57. The molecule has 0 radical (unpaired) electrons. The second kappa shape index (κ2) is 11.6. The highest BCUT2D eigenvalue weighted by atomic mass is 35.5. The van der Waals surface area contributed by atoms with Crippen LogP contribution in [0, 0.1) is 17.5 Å². The molecule has 0 spiro atoms. The van der Waals surface area contributed by atoms with Crippen molar-refractivity contribution >= 4 is 41.8 Å². The minimum atomic E-state index is -0.456. The van der Waals surface area contributed by atoms with Crippen LogP contribution in [0.1, 0.15) is 29.9 Å². The van der Waals surface area contributed by atoms with Crippen molar-refractivity contribution in [2.45, 2.75) is 31.3 Å². The number of hydrogen-bond acceptors (Lipinski definition) is 3. The van der Waals surface area contributed by atoms with E-state index >= 15 is 0 Å². The Balaban J connectivity index is 0.00000171. The third kappa shape index (κ3) is 5.75. The van der Waals surface area contributed by atoms with Crippen LogP contribution < -0.4 is 10.9 Å². The van der Waals surface area contributed by atoms with Gasteiger partial charge < -0.3 is 14.8 Å². The van der Waals surface area contributed by atoms with E-state index in [1.807, 2.05) is 0 Å². The minimum Gasteiger partial charge on any atom is -0.310 e. The van der Waals surface area contributed by atoms with Crippen LogP contribution in [0.5, 0.6) is 0 Å². The van der Waals surface area contributed by atoms with Crippen molar-refractivity contribution in [3.05, 3.63) is 87.5 Å². The van der Waals surface area contributed by atoms with Gasteiger partial charge in [0.15, 0.2) is 0 Å². The minimum absolute atomic E-state index is 0. The van der Waals surface area contributed by atoms with E-state index in [0.717, 1.165) is 55.5 Å². The number of piperidine rings is 1. The van der Waals surface area contributed by atoms with Crippen molar-refractivity contribution in [2.75, 3.05) is 26.2 Å². The zero-order valence-corrected chi connectivity index (χ0v) is 20.7. The van der Waals surface area contributed by atoms with E-state index in [1.165, 1.54) is 12.1 Å². The lowest BCUT2D eigenvalue weighted by atomic mass is 9.97. The summed E-state index contributed by atoms with van der Waals surface area (Å²) >= 11 is 0. The van der Waals surface area contributed by atoms with Gasteiger partial charge in [-0.1, -0.05) is 12.2 Å². The summed E-state index contributed by atoms with van der Waals surface area (Å²) < 4.78 is 43.3. The van der Waals surface area contributed by atoms with E-state index in [-0.39, 0.29) is 47.7 Å². The molecule has 1 atom stereocenters. The van der Waals surface area contributed by atoms with Gasteiger partial charge in [-0.2, -0.15) is 0 Å². The van der Waals surface area contributed by atoms with Gasteiger partial charge in [-0.25, -0.2) is 13.2 Å². The van der Waals surface area contributed by atoms with Crippen molar-refractivity contribution in [3.63, 3.8) is 0 Å². The first kappa shape index (κ1) is 27.3. The summed E-state index contributed by atoms with van der Waals surface area (Å²) in [5.74, 6) is -1.16. The molecule has 4 nitrogen and oxygen atoms in total. The molecule has 0 amide bonds. The highest BCUT2D eigenvalue weighted by Gasteiger charge is 2.31. The molecule has 35 heavy (non-hydrogen) atoms. The fourth-order valence-corrected chi connectivity index (χ4v) is 5.12. The number of pyridine rings is 1. The molecular formula is C26H28Cl2F3N3O. The van der Waals surface area contributed by atoms with Gasteiger partial charge in [0, 0.05) is 48.8 Å². The molecule has 2 aliphatic rings. The average Bonchev–Trinajstić information content (AvgIpc) is 3.20. The number of halogens is 5. The third-order valence-electron chi connectivity index (χ3n) is 6.79. The van der Waals surface area contributed by atoms with Crippen molar-refractivity contribution in [1.29, 1.82) is 0 Å². The van der Waals surface area contributed by atoms with Gasteiger partial charge in [-0.05, 0) is 67.7 Å². The van der Waals surface area contributed by atoms with Gasteiger partial charge in [0.25, 0.3) is 5.56 Å². The van der Waals surface area contributed by atoms with Crippen LogP contribution in [0.25, 0.3) is 17.0 Å². The van der Waals surface area contributed by atoms with Crippen LogP contribution in [-0.2, 0) is 6.54 Å². The summed E-state index contributed by atoms with van der Waals surface area (Å²) in [5, 5.41) is 4.36. The topological polar surface area (TPSA) is 37.3 Å². The molecule has 0 saturated carbocycles. The lowest BCUT2D eigenvalue weighted by molar-refractivity contribution is 0.186. The maximum Gasteiger partial charge on any atom is 0.251 e. The number of benzene rings is 2. The fourth-order valence-electron chi connectivity index (χ4n) is 5.12. The summed E-state index contributed by atoms with van der Waals surface area (Å²) in [6.45, 7) is 3.60. The molecule has 0 aliphatic carbocycles. The number of hydrogen-bond donors (Lipinski definition) is 1. The van der Waals surface area contributed by atoms with E-state index in [0.29, 0.717) is 24.7 Å². The summed E-state index contributed by atoms with van der Waals surface area (Å²) in [6, 6.07) is 10.3. The van der Waals surface area contributed by atoms with Crippen LogP contribution in [-0.4, -0.2) is 41.7 Å². The lowest BCUT2D eigenvalue weighted by Crippen LogP contribution is -2.44. The SMILES string of the molecule is Cl.Cl.O=c1ccc2ccc(F)c3c2n1C[C@H]3CN1CCC(NC/C=C/c2cc(F)ccc2F)CC1. The molecule has 2 aliphatic heterocycles. The molecule has 1 saturated heterocycles. The normalized spacial score (nSPS) is 18.1. The lowest BCUT2D eigenvalue weighted by Gasteiger charge is -2.34. The number of rotatable bonds is 6. The maximum absolute atomic E-state index is 14.7. The van der Waals surface area contributed by atoms with E-state index in [2.05, 4.69) is 10.2 Å². The molecule has 1 N–H and O–H groups in total. The van der Waals surface area contributed by atoms with Crippen LogP contribution in [0.2, 0.25) is 0 Å². The standard InChI is InChI=1S/C26H26F3N3O.2ClH/c27-20-5-7-22(28)18(14-20)2-1-11-30-21-9-12-31(13-10-21)15-19-16-32-24(33)8-4-17-3-6-23(29)25(19)26(17)32;;/h1-8,14,19,21,30H,9-13,15-16H2;2*1H/b2-1+;;/t19-;;/m1../s1. The maximum atomic E-state index is 14.7. The Labute approximate surface area is 214 Å². The van der Waals surface area contributed by atoms with E-state index in [1.54, 1.807) is 34.9 Å². The van der Waals surface area contributed by atoms with Gasteiger partial charge in [-0.3, -0.25) is 4.79 Å². The zero-order chi connectivity index (χ0) is 22.9. The van der Waals surface area contributed by atoms with Crippen LogP contribution in [0.3, 0.4) is 0 Å². The van der Waals surface area contributed by atoms with Gasteiger partial charge in [0.1, 0.15) is 17.5 Å². The summed E-state index contributed by atoms with van der Waals surface area (Å²) in [7, 11) is 0. The molecule has 188 valence electrons. The predicted octanol–water partition coefficient (Wildman–Crippen LogP) is 5.13. The van der Waals surface area contributed by atoms with Crippen molar-refractivity contribution in [1.82, 2.24) is 14.8 Å². The van der Waals surface area contributed by atoms with Crippen LogP contribution in [0.4, 0.5) is 13.2 Å². The van der Waals surface area contributed by atoms with Crippen molar-refractivity contribution in [2.24, 2.45) is 0 Å². The van der Waals surface area contributed by atoms with Gasteiger partial charge in [-0.15, -0.1) is 24.8 Å². The fraction of sp³-hybridized carbons (Fsp3) is 0.346. The van der Waals surface area contributed by atoms with Crippen molar-refractivity contribution in [3.8, 4) is 0 Å². The molecule has 3 heterocycles. The van der Waals surface area contributed by atoms with E-state index in [9.17, 15) is 18.0 Å². The second-order valence-corrected chi connectivity index (χ2v) is 8.93. The first-order chi connectivity index (χ1) is 16.0. The summed E-state index contributed by atoms with van der Waals surface area (Å²) in [6.07, 6.45) is 5.31. The summed E-state index contributed by atoms with van der Waals surface area (Å²) in [4.78, 5) is 14.7. The van der Waals surface area contributed by atoms with Crippen LogP contribution in [0.15, 0.2) is 53.3 Å². The largest absolute Gasteiger partial charge is 0.310 e. The molecular weight excluding hydrogens is 498 g/mol. The second-order valence-electron chi connectivity index (χ2n) is 8.93. The zero-order valence-electron chi connectivity index (χ0n) is 19.1. The Kier molecular flexibility index (Phi) is 9.05. The predicted molar refractivity (Wildman–Crippen MR) is 138 cm³/mol. The first-order valence-electron chi connectivity index (χ1n) is 11.4. The molecule has 1 aromatic heterocycles. The number of aromatic nitrogens is 1. The molecule has 9 heteroatoms. The monoisotopic (exact) mass is 525 g/mol. The average molecular weight is 526 g/mol. The van der Waals surface area contributed by atoms with Gasteiger partial charge in [0.05, 0.1) is 5.52 Å². The van der Waals surface area contributed by atoms with Crippen molar-refractivity contribution < 1.29 is 13.2 Å². The number of nitrogens with one attached hydrogen (secondary N) is 1. The third-order valence-corrected chi connectivity index (χ3v) is 6.79.